The maximum absolute atomic E-state index is 11.4. The van der Waals surface area contributed by atoms with Crippen LogP contribution >= 0.6 is 22.6 Å². The van der Waals surface area contributed by atoms with E-state index >= 15 is 0 Å². The summed E-state index contributed by atoms with van der Waals surface area (Å²) in [6.45, 7) is 0. The van der Waals surface area contributed by atoms with E-state index in [2.05, 4.69) is 4.74 Å². The van der Waals surface area contributed by atoms with Crippen LogP contribution in [0.3, 0.4) is 0 Å². The molecule has 0 aliphatic carbocycles. The van der Waals surface area contributed by atoms with Crippen LogP contribution in [0.2, 0.25) is 0 Å². The Balaban J connectivity index is 3.46. The van der Waals surface area contributed by atoms with Crippen molar-refractivity contribution in [2.75, 3.05) is 21.3 Å². The van der Waals surface area contributed by atoms with Crippen LogP contribution in [0, 0.1) is 3.57 Å². The molecule has 0 atom stereocenters. The number of hydrogen-bond acceptors (Lipinski definition) is 5. The third-order valence-electron chi connectivity index (χ3n) is 1.99. The maximum Gasteiger partial charge on any atom is 0.342 e. The lowest BCUT2D eigenvalue weighted by Gasteiger charge is -2.13. The molecular weight excluding hydrogens is 327 g/mol. The molecule has 1 rings (SSSR count). The summed E-state index contributed by atoms with van der Waals surface area (Å²) < 4.78 is 15.1. The quantitative estimate of drug-likeness (QED) is 0.673. The molecule has 0 aliphatic rings. The molecule has 6 heteroatoms. The van der Waals surface area contributed by atoms with Crippen LogP contribution < -0.4 is 9.47 Å². The third kappa shape index (κ3) is 2.16. The van der Waals surface area contributed by atoms with Crippen LogP contribution in [0.4, 0.5) is 0 Å². The number of phenolic OH excluding ortho intramolecular Hbond substituents is 1. The number of benzene rings is 1. The number of carbonyl (C=O) groups excluding carboxylic acids is 1. The number of rotatable bonds is 3. The highest BCUT2D eigenvalue weighted by Crippen LogP contribution is 2.41. The first-order chi connectivity index (χ1) is 7.56. The predicted octanol–water partition coefficient (Wildman–Crippen LogP) is 1.80. The van der Waals surface area contributed by atoms with Gasteiger partial charge in [0.1, 0.15) is 5.56 Å². The molecule has 0 heterocycles. The van der Waals surface area contributed by atoms with Gasteiger partial charge in [-0.05, 0) is 28.7 Å². The zero-order valence-electron chi connectivity index (χ0n) is 9.04. The van der Waals surface area contributed by atoms with E-state index < -0.39 is 5.97 Å². The predicted molar refractivity (Wildman–Crippen MR) is 65.3 cm³/mol. The first-order valence-corrected chi connectivity index (χ1v) is 5.36. The second-order valence-corrected chi connectivity index (χ2v) is 3.97. The molecular formula is C10H11IO5. The fourth-order valence-electron chi connectivity index (χ4n) is 1.24. The Morgan fingerprint density at radius 1 is 1.31 bits per heavy atom. The molecule has 1 aromatic carbocycles. The lowest BCUT2D eigenvalue weighted by Crippen LogP contribution is -2.06. The first kappa shape index (κ1) is 12.9. The maximum atomic E-state index is 11.4. The molecule has 16 heavy (non-hydrogen) atoms. The molecule has 5 nitrogen and oxygen atoms in total. The van der Waals surface area contributed by atoms with E-state index in [4.69, 9.17) is 9.47 Å². The van der Waals surface area contributed by atoms with Gasteiger partial charge in [-0.25, -0.2) is 4.79 Å². The van der Waals surface area contributed by atoms with Crippen LogP contribution in [-0.4, -0.2) is 32.4 Å². The van der Waals surface area contributed by atoms with Gasteiger partial charge in [0, 0.05) is 3.57 Å². The third-order valence-corrected chi connectivity index (χ3v) is 2.84. The average molecular weight is 338 g/mol. The summed E-state index contributed by atoms with van der Waals surface area (Å²) in [7, 11) is 4.07. The van der Waals surface area contributed by atoms with Crippen molar-refractivity contribution >= 4 is 28.6 Å². The highest BCUT2D eigenvalue weighted by Gasteiger charge is 2.23. The van der Waals surface area contributed by atoms with Gasteiger partial charge in [-0.1, -0.05) is 0 Å². The van der Waals surface area contributed by atoms with Gasteiger partial charge in [0.2, 0.25) is 5.75 Å². The average Bonchev–Trinajstić information content (AvgIpc) is 2.27. The molecule has 0 aromatic heterocycles. The minimum Gasteiger partial charge on any atom is -0.504 e. The van der Waals surface area contributed by atoms with Gasteiger partial charge < -0.3 is 19.3 Å². The van der Waals surface area contributed by atoms with Crippen molar-refractivity contribution in [3.8, 4) is 17.2 Å². The number of methoxy groups -OCH3 is 3. The number of halogens is 1. The molecule has 0 radical (unpaired) electrons. The molecule has 0 fully saturated rings. The zero-order valence-corrected chi connectivity index (χ0v) is 11.2. The molecule has 1 N–H and O–H groups in total. The molecule has 88 valence electrons. The normalized spacial score (nSPS) is 9.75. The number of esters is 1. The van der Waals surface area contributed by atoms with Gasteiger partial charge >= 0.3 is 5.97 Å². The van der Waals surface area contributed by atoms with Gasteiger partial charge in [0.25, 0.3) is 0 Å². The smallest absolute Gasteiger partial charge is 0.342 e. The fourth-order valence-corrected chi connectivity index (χ4v) is 2.00. The van der Waals surface area contributed by atoms with Gasteiger partial charge in [-0.15, -0.1) is 0 Å². The number of carbonyl (C=O) groups is 1. The summed E-state index contributed by atoms with van der Waals surface area (Å²) in [5.41, 5.74) is 0.0701. The Morgan fingerprint density at radius 2 is 1.94 bits per heavy atom. The molecule has 0 spiro atoms. The summed E-state index contributed by atoms with van der Waals surface area (Å²) in [5, 5.41) is 9.87. The van der Waals surface area contributed by atoms with Crippen LogP contribution in [0.1, 0.15) is 10.4 Å². The van der Waals surface area contributed by atoms with Gasteiger partial charge in [0.15, 0.2) is 11.5 Å². The second-order valence-electron chi connectivity index (χ2n) is 2.81. The fraction of sp³-hybridized carbons (Fsp3) is 0.300. The summed E-state index contributed by atoms with van der Waals surface area (Å²) in [6, 6.07) is 1.59. The number of aromatic hydroxyl groups is 1. The Morgan fingerprint density at radius 3 is 2.38 bits per heavy atom. The van der Waals surface area contributed by atoms with Gasteiger partial charge in [-0.3, -0.25) is 0 Å². The molecule has 1 aromatic rings. The summed E-state index contributed by atoms with van der Waals surface area (Å²) >= 11 is 1.91. The van der Waals surface area contributed by atoms with Crippen molar-refractivity contribution in [1.29, 1.82) is 0 Å². The van der Waals surface area contributed by atoms with E-state index in [1.165, 1.54) is 21.3 Å². The molecule has 0 aliphatic heterocycles. The van der Waals surface area contributed by atoms with E-state index in [-0.39, 0.29) is 17.1 Å². The summed E-state index contributed by atoms with van der Waals surface area (Å²) in [5.74, 6) is -0.429. The molecule has 0 amide bonds. The van der Waals surface area contributed by atoms with Crippen LogP contribution in [0.5, 0.6) is 17.2 Å². The minimum atomic E-state index is -0.622. The topological polar surface area (TPSA) is 65.0 Å². The number of ether oxygens (including phenoxy) is 3. The molecule has 0 saturated carbocycles. The Hall–Kier alpha value is -1.18. The lowest BCUT2D eigenvalue weighted by atomic mass is 10.1. The van der Waals surface area contributed by atoms with E-state index in [9.17, 15) is 9.90 Å². The standard InChI is InChI=1S/C10H11IO5/c1-14-6-4-5(11)7(10(13)16-3)8(12)9(6)15-2/h4,12H,1-3H3. The number of hydrogen-bond donors (Lipinski definition) is 1. The van der Waals surface area contributed by atoms with Crippen molar-refractivity contribution in [1.82, 2.24) is 0 Å². The zero-order chi connectivity index (χ0) is 12.3. The lowest BCUT2D eigenvalue weighted by molar-refractivity contribution is 0.0595. The van der Waals surface area contributed by atoms with E-state index in [1.807, 2.05) is 22.6 Å². The van der Waals surface area contributed by atoms with E-state index in [0.29, 0.717) is 9.32 Å². The Bertz CT molecular complexity index is 416. The Kier molecular flexibility index (Phi) is 4.22. The summed E-state index contributed by atoms with van der Waals surface area (Å²) in [6.07, 6.45) is 0. The van der Waals surface area contributed by atoms with Crippen molar-refractivity contribution < 1.29 is 24.1 Å². The second kappa shape index (κ2) is 5.24. The van der Waals surface area contributed by atoms with Crippen molar-refractivity contribution in [2.24, 2.45) is 0 Å². The highest BCUT2D eigenvalue weighted by atomic mass is 127. The molecule has 0 bridgehead atoms. The molecule has 0 unspecified atom stereocenters. The van der Waals surface area contributed by atoms with Crippen molar-refractivity contribution in [3.63, 3.8) is 0 Å². The van der Waals surface area contributed by atoms with Crippen molar-refractivity contribution in [3.05, 3.63) is 15.2 Å². The van der Waals surface area contributed by atoms with E-state index in [0.717, 1.165) is 0 Å². The van der Waals surface area contributed by atoms with Crippen LogP contribution in [-0.2, 0) is 4.74 Å². The number of phenols is 1. The first-order valence-electron chi connectivity index (χ1n) is 4.28. The monoisotopic (exact) mass is 338 g/mol. The van der Waals surface area contributed by atoms with E-state index in [1.54, 1.807) is 6.07 Å². The largest absolute Gasteiger partial charge is 0.504 e. The van der Waals surface area contributed by atoms with Crippen molar-refractivity contribution in [2.45, 2.75) is 0 Å². The summed E-state index contributed by atoms with van der Waals surface area (Å²) in [4.78, 5) is 11.4. The highest BCUT2D eigenvalue weighted by molar-refractivity contribution is 14.1. The van der Waals surface area contributed by atoms with Gasteiger partial charge in [-0.2, -0.15) is 0 Å². The SMILES string of the molecule is COC(=O)c1c(I)cc(OC)c(OC)c1O. The molecule has 0 saturated heterocycles. The van der Waals surface area contributed by atoms with Gasteiger partial charge in [0.05, 0.1) is 21.3 Å². The minimum absolute atomic E-state index is 0.0701. The van der Waals surface area contributed by atoms with Crippen LogP contribution in [0.15, 0.2) is 6.07 Å². The van der Waals surface area contributed by atoms with Crippen LogP contribution in [0.25, 0.3) is 0 Å². The Labute approximate surface area is 106 Å².